The molecule has 0 unspecified atom stereocenters. The van der Waals surface area contributed by atoms with Crippen LogP contribution in [0.1, 0.15) is 36.8 Å². The summed E-state index contributed by atoms with van der Waals surface area (Å²) in [6.45, 7) is 5.45. The summed E-state index contributed by atoms with van der Waals surface area (Å²) in [5.41, 5.74) is 2.75. The number of carbonyl (C=O) groups is 1. The number of benzene rings is 1. The maximum Gasteiger partial charge on any atom is 0.269 e. The maximum absolute atomic E-state index is 12.5. The van der Waals surface area contributed by atoms with Crippen LogP contribution in [0.4, 0.5) is 0 Å². The number of thiophene rings is 1. The van der Waals surface area contributed by atoms with E-state index in [2.05, 4.69) is 51.3 Å². The van der Waals surface area contributed by atoms with Gasteiger partial charge in [0.05, 0.1) is 0 Å². The van der Waals surface area contributed by atoms with Gasteiger partial charge in [0.1, 0.15) is 5.71 Å². The van der Waals surface area contributed by atoms with Crippen molar-refractivity contribution in [3.05, 3.63) is 58.3 Å². The summed E-state index contributed by atoms with van der Waals surface area (Å²) in [5.74, 6) is 0.158. The number of carbonyl (C=O) groups excluding carboxylic acids is 1. The quantitative estimate of drug-likeness (QED) is 0.832. The minimum absolute atomic E-state index is 0.106. The average Bonchev–Trinajstić information content (AvgIpc) is 3.43. The average molecular weight is 384 g/mol. The fourth-order valence-electron chi connectivity index (χ4n) is 3.81. The Labute approximate surface area is 164 Å². The zero-order valence-corrected chi connectivity index (χ0v) is 16.4. The van der Waals surface area contributed by atoms with Gasteiger partial charge in [-0.25, -0.2) is 0 Å². The number of rotatable bonds is 6. The molecule has 1 spiro atoms. The third-order valence-corrected chi connectivity index (χ3v) is 6.15. The Morgan fingerprint density at radius 3 is 3.00 bits per heavy atom. The molecular weight excluding hydrogens is 358 g/mol. The Morgan fingerprint density at radius 2 is 2.22 bits per heavy atom. The summed E-state index contributed by atoms with van der Waals surface area (Å²) in [4.78, 5) is 20.7. The molecule has 0 saturated carbocycles. The van der Waals surface area contributed by atoms with Gasteiger partial charge in [-0.1, -0.05) is 42.4 Å². The van der Waals surface area contributed by atoms with Crippen molar-refractivity contribution in [2.75, 3.05) is 19.6 Å². The Balaban J connectivity index is 1.27. The normalized spacial score (nSPS) is 23.2. The highest BCUT2D eigenvalue weighted by Gasteiger charge is 2.46. The molecule has 2 aliphatic rings. The van der Waals surface area contributed by atoms with E-state index < -0.39 is 0 Å². The topological polar surface area (TPSA) is 53.9 Å². The number of hydrogen-bond acceptors (Lipinski definition) is 5. The first-order valence-corrected chi connectivity index (χ1v) is 10.4. The van der Waals surface area contributed by atoms with E-state index in [0.29, 0.717) is 18.7 Å². The van der Waals surface area contributed by atoms with E-state index in [4.69, 9.17) is 4.84 Å². The lowest BCUT2D eigenvalue weighted by molar-refractivity contribution is -0.115. The van der Waals surface area contributed by atoms with E-state index in [1.165, 1.54) is 11.1 Å². The molecule has 1 aromatic heterocycles. The number of nitrogens with zero attached hydrogens (tertiary/aromatic N) is 2. The van der Waals surface area contributed by atoms with E-state index in [1.54, 1.807) is 11.3 Å². The smallest absolute Gasteiger partial charge is 0.269 e. The molecule has 2 aromatic rings. The van der Waals surface area contributed by atoms with Crippen LogP contribution < -0.4 is 5.32 Å². The molecule has 2 aliphatic heterocycles. The molecule has 1 N–H and O–H groups in total. The van der Waals surface area contributed by atoms with E-state index >= 15 is 0 Å². The fourth-order valence-corrected chi connectivity index (χ4v) is 4.47. The van der Waals surface area contributed by atoms with Crippen molar-refractivity contribution in [2.45, 2.75) is 37.8 Å². The van der Waals surface area contributed by atoms with Gasteiger partial charge in [-0.2, -0.15) is 11.3 Å². The second kappa shape index (κ2) is 7.82. The van der Waals surface area contributed by atoms with Crippen molar-refractivity contribution >= 4 is 23.0 Å². The first-order chi connectivity index (χ1) is 13.1. The lowest BCUT2D eigenvalue weighted by atomic mass is 9.96. The van der Waals surface area contributed by atoms with Crippen molar-refractivity contribution in [2.24, 2.45) is 5.16 Å². The van der Waals surface area contributed by atoms with E-state index in [9.17, 15) is 4.79 Å². The third-order valence-electron chi connectivity index (χ3n) is 5.42. The second-order valence-corrected chi connectivity index (χ2v) is 8.38. The van der Waals surface area contributed by atoms with Gasteiger partial charge in [0.25, 0.3) is 5.91 Å². The first-order valence-electron chi connectivity index (χ1n) is 9.45. The lowest BCUT2D eigenvalue weighted by Crippen LogP contribution is -2.37. The van der Waals surface area contributed by atoms with Crippen LogP contribution in [0.3, 0.4) is 0 Å². The van der Waals surface area contributed by atoms with Crippen LogP contribution in [-0.2, 0) is 16.2 Å². The molecule has 4 rings (SSSR count). The van der Waals surface area contributed by atoms with Gasteiger partial charge in [0, 0.05) is 39.0 Å². The largest absolute Gasteiger partial charge is 0.387 e. The number of likely N-dealkylation sites (tertiary alicyclic amines) is 1. The highest BCUT2D eigenvalue weighted by molar-refractivity contribution is 7.07. The summed E-state index contributed by atoms with van der Waals surface area (Å²) < 4.78 is 0. The third kappa shape index (κ3) is 4.22. The standard InChI is InChI=1S/C21H25N3O2S/c1-16(18-5-3-2-4-6-18)12-22-20(25)19-11-21(26-23-19)8-9-24(15-21)13-17-7-10-27-14-17/h2-7,10,14,16H,8-9,11-13,15H2,1H3,(H,22,25)/t16-,21+/m1/s1. The number of oxime groups is 1. The summed E-state index contributed by atoms with van der Waals surface area (Å²) in [5, 5.41) is 11.4. The molecule has 1 fully saturated rings. The molecular formula is C21H25N3O2S. The summed E-state index contributed by atoms with van der Waals surface area (Å²) in [6.07, 6.45) is 1.51. The van der Waals surface area contributed by atoms with Gasteiger partial charge in [0.15, 0.2) is 5.60 Å². The molecule has 1 amide bonds. The van der Waals surface area contributed by atoms with Crippen molar-refractivity contribution in [1.29, 1.82) is 0 Å². The maximum atomic E-state index is 12.5. The van der Waals surface area contributed by atoms with Gasteiger partial charge in [0.2, 0.25) is 0 Å². The molecule has 142 valence electrons. The summed E-state index contributed by atoms with van der Waals surface area (Å²) in [6, 6.07) is 12.4. The predicted molar refractivity (Wildman–Crippen MR) is 108 cm³/mol. The van der Waals surface area contributed by atoms with Crippen LogP contribution in [-0.4, -0.2) is 41.8 Å². The van der Waals surface area contributed by atoms with Crippen LogP contribution in [0.5, 0.6) is 0 Å². The molecule has 0 radical (unpaired) electrons. The SMILES string of the molecule is C[C@H](CNC(=O)C1=NO[C@@]2(CCN(Cc3ccsc3)C2)C1)c1ccccc1. The zero-order chi connectivity index (χ0) is 18.7. The highest BCUT2D eigenvalue weighted by atomic mass is 32.1. The Hall–Kier alpha value is -2.18. The Morgan fingerprint density at radius 1 is 1.37 bits per heavy atom. The van der Waals surface area contributed by atoms with Gasteiger partial charge in [-0.3, -0.25) is 9.69 Å². The van der Waals surface area contributed by atoms with Gasteiger partial charge < -0.3 is 10.2 Å². The lowest BCUT2D eigenvalue weighted by Gasteiger charge is -2.21. The van der Waals surface area contributed by atoms with Crippen LogP contribution in [0.25, 0.3) is 0 Å². The van der Waals surface area contributed by atoms with Crippen LogP contribution >= 0.6 is 11.3 Å². The minimum atomic E-state index is -0.326. The Kier molecular flexibility index (Phi) is 5.27. The Bertz CT molecular complexity index is 806. The highest BCUT2D eigenvalue weighted by Crippen LogP contribution is 2.34. The zero-order valence-electron chi connectivity index (χ0n) is 15.6. The predicted octanol–water partition coefficient (Wildman–Crippen LogP) is 3.39. The van der Waals surface area contributed by atoms with Crippen molar-refractivity contribution in [3.8, 4) is 0 Å². The van der Waals surface area contributed by atoms with Crippen molar-refractivity contribution in [3.63, 3.8) is 0 Å². The monoisotopic (exact) mass is 383 g/mol. The molecule has 5 nitrogen and oxygen atoms in total. The molecule has 0 aliphatic carbocycles. The summed E-state index contributed by atoms with van der Waals surface area (Å²) >= 11 is 1.72. The van der Waals surface area contributed by atoms with Crippen LogP contribution in [0.2, 0.25) is 0 Å². The minimum Gasteiger partial charge on any atom is -0.387 e. The molecule has 2 atom stereocenters. The number of amides is 1. The number of nitrogens with one attached hydrogen (secondary N) is 1. The molecule has 1 aromatic carbocycles. The van der Waals surface area contributed by atoms with E-state index in [1.807, 2.05) is 18.2 Å². The van der Waals surface area contributed by atoms with Gasteiger partial charge in [-0.15, -0.1) is 0 Å². The van der Waals surface area contributed by atoms with Gasteiger partial charge >= 0.3 is 0 Å². The molecule has 27 heavy (non-hydrogen) atoms. The molecule has 1 saturated heterocycles. The van der Waals surface area contributed by atoms with Crippen molar-refractivity contribution in [1.82, 2.24) is 10.2 Å². The van der Waals surface area contributed by atoms with Crippen molar-refractivity contribution < 1.29 is 9.63 Å². The van der Waals surface area contributed by atoms with Crippen LogP contribution in [0, 0.1) is 0 Å². The van der Waals surface area contributed by atoms with Crippen LogP contribution in [0.15, 0.2) is 52.3 Å². The number of hydrogen-bond donors (Lipinski definition) is 1. The summed E-state index contributed by atoms with van der Waals surface area (Å²) in [7, 11) is 0. The molecule has 0 bridgehead atoms. The van der Waals surface area contributed by atoms with E-state index in [-0.39, 0.29) is 17.4 Å². The van der Waals surface area contributed by atoms with E-state index in [0.717, 1.165) is 26.1 Å². The molecule has 6 heteroatoms. The second-order valence-electron chi connectivity index (χ2n) is 7.60. The first kappa shape index (κ1) is 18.2. The van der Waals surface area contributed by atoms with Gasteiger partial charge in [-0.05, 0) is 33.9 Å². The molecule has 3 heterocycles. The fraction of sp³-hybridized carbons (Fsp3) is 0.429.